The Morgan fingerprint density at radius 3 is 2.62 bits per heavy atom. The molecule has 12 heteroatoms. The van der Waals surface area contributed by atoms with E-state index in [4.69, 9.17) is 0 Å². The molecule has 1 aromatic carbocycles. The van der Waals surface area contributed by atoms with Crippen LogP contribution in [0, 0.1) is 5.82 Å². The second-order valence-electron chi connectivity index (χ2n) is 9.76. The summed E-state index contributed by atoms with van der Waals surface area (Å²) in [6.07, 6.45) is 8.03. The maximum atomic E-state index is 14.6. The van der Waals surface area contributed by atoms with Crippen LogP contribution in [0.5, 0.6) is 0 Å². The van der Waals surface area contributed by atoms with Crippen molar-refractivity contribution >= 4 is 37.6 Å². The molecule has 0 radical (unpaired) electrons. The molecule has 0 spiro atoms. The number of benzene rings is 1. The first-order chi connectivity index (χ1) is 19.1. The SMILES string of the molecule is CN(C)c1cncc(-c2cc3c(-c4cc5c(-c6cc(F)cc(CNS(C)(=O)=O)c6)ccnc5[nH]4)n[nH]c3cn2)c1. The van der Waals surface area contributed by atoms with Crippen LogP contribution in [0.25, 0.3) is 55.7 Å². The Balaban J connectivity index is 1.42. The van der Waals surface area contributed by atoms with E-state index in [1.54, 1.807) is 36.9 Å². The van der Waals surface area contributed by atoms with E-state index in [2.05, 4.69) is 34.9 Å². The number of fused-ring (bicyclic) bond motifs is 2. The van der Waals surface area contributed by atoms with Crippen molar-refractivity contribution in [3.63, 3.8) is 0 Å². The van der Waals surface area contributed by atoms with Crippen molar-refractivity contribution < 1.29 is 12.8 Å². The lowest BCUT2D eigenvalue weighted by Crippen LogP contribution is -2.21. The van der Waals surface area contributed by atoms with Crippen LogP contribution in [0.2, 0.25) is 0 Å². The van der Waals surface area contributed by atoms with Gasteiger partial charge in [-0.2, -0.15) is 5.10 Å². The quantitative estimate of drug-likeness (QED) is 0.264. The summed E-state index contributed by atoms with van der Waals surface area (Å²) in [6.45, 7) is -0.0151. The first-order valence-corrected chi connectivity index (χ1v) is 14.2. The molecule has 202 valence electrons. The maximum Gasteiger partial charge on any atom is 0.209 e. The number of hydrogen-bond donors (Lipinski definition) is 3. The molecule has 40 heavy (non-hydrogen) atoms. The van der Waals surface area contributed by atoms with Crippen LogP contribution >= 0.6 is 0 Å². The van der Waals surface area contributed by atoms with Crippen molar-refractivity contribution in [3.05, 3.63) is 78.6 Å². The molecule has 0 amide bonds. The zero-order valence-corrected chi connectivity index (χ0v) is 22.7. The lowest BCUT2D eigenvalue weighted by molar-refractivity contribution is 0.586. The van der Waals surface area contributed by atoms with E-state index in [0.29, 0.717) is 22.5 Å². The van der Waals surface area contributed by atoms with Crippen molar-refractivity contribution in [2.75, 3.05) is 25.3 Å². The van der Waals surface area contributed by atoms with Gasteiger partial charge in [-0.15, -0.1) is 0 Å². The summed E-state index contributed by atoms with van der Waals surface area (Å²) < 4.78 is 40.0. The molecule has 0 unspecified atom stereocenters. The van der Waals surface area contributed by atoms with Gasteiger partial charge in [0.2, 0.25) is 10.0 Å². The summed E-state index contributed by atoms with van der Waals surface area (Å²) in [6, 6.07) is 12.2. The third-order valence-electron chi connectivity index (χ3n) is 6.58. The van der Waals surface area contributed by atoms with Gasteiger partial charge in [0.05, 0.1) is 41.2 Å². The zero-order valence-electron chi connectivity index (χ0n) is 21.9. The topological polar surface area (TPSA) is 133 Å². The summed E-state index contributed by atoms with van der Waals surface area (Å²) in [5, 5.41) is 9.24. The van der Waals surface area contributed by atoms with Crippen LogP contribution in [-0.4, -0.2) is 58.9 Å². The third kappa shape index (κ3) is 5.01. The van der Waals surface area contributed by atoms with Gasteiger partial charge in [-0.3, -0.25) is 15.1 Å². The number of halogens is 1. The predicted molar refractivity (Wildman–Crippen MR) is 154 cm³/mol. The number of hydrogen-bond acceptors (Lipinski definition) is 7. The molecule has 6 aromatic rings. The van der Waals surface area contributed by atoms with Gasteiger partial charge in [-0.05, 0) is 59.2 Å². The average Bonchev–Trinajstić information content (AvgIpc) is 3.55. The van der Waals surface area contributed by atoms with Gasteiger partial charge in [0.15, 0.2) is 0 Å². The van der Waals surface area contributed by atoms with Crippen LogP contribution in [0.15, 0.2) is 67.3 Å². The fourth-order valence-electron chi connectivity index (χ4n) is 4.62. The number of aromatic nitrogens is 6. The Morgan fingerprint density at radius 1 is 0.975 bits per heavy atom. The highest BCUT2D eigenvalue weighted by atomic mass is 32.2. The van der Waals surface area contributed by atoms with E-state index < -0.39 is 15.8 Å². The molecule has 0 aliphatic carbocycles. The minimum Gasteiger partial charge on any atom is -0.376 e. The number of nitrogens with one attached hydrogen (secondary N) is 3. The first kappa shape index (κ1) is 25.6. The van der Waals surface area contributed by atoms with E-state index in [0.717, 1.165) is 50.7 Å². The number of rotatable bonds is 7. The van der Waals surface area contributed by atoms with Gasteiger partial charge in [0, 0.05) is 49.4 Å². The number of nitrogens with zero attached hydrogens (tertiary/aromatic N) is 5. The smallest absolute Gasteiger partial charge is 0.209 e. The average molecular weight is 557 g/mol. The van der Waals surface area contributed by atoms with E-state index in [1.165, 1.54) is 12.1 Å². The van der Waals surface area contributed by atoms with Crippen molar-refractivity contribution in [3.8, 4) is 33.8 Å². The van der Waals surface area contributed by atoms with Gasteiger partial charge in [0.25, 0.3) is 0 Å². The Morgan fingerprint density at radius 2 is 1.82 bits per heavy atom. The molecular weight excluding hydrogens is 531 g/mol. The van der Waals surface area contributed by atoms with Crippen molar-refractivity contribution in [1.29, 1.82) is 0 Å². The molecule has 0 atom stereocenters. The number of aromatic amines is 2. The van der Waals surface area contributed by atoms with Gasteiger partial charge >= 0.3 is 0 Å². The van der Waals surface area contributed by atoms with E-state index in [-0.39, 0.29) is 6.54 Å². The summed E-state index contributed by atoms with van der Waals surface area (Å²) in [7, 11) is 0.497. The molecule has 0 aliphatic rings. The standard InChI is InChI=1S/C28H25FN8O2S/c1-37(2)20-9-18(13-30-14-20)24-11-23-26(15-32-24)35-36-27(23)25-10-22-21(4-5-31-28(22)34-25)17-6-16(7-19(29)8-17)12-33-40(3,38)39/h4-11,13-15,33H,12H2,1-3H3,(H,31,34)(H,35,36). The molecule has 6 rings (SSSR count). The van der Waals surface area contributed by atoms with E-state index in [1.807, 2.05) is 37.2 Å². The van der Waals surface area contributed by atoms with Crippen LogP contribution in [0.1, 0.15) is 5.56 Å². The van der Waals surface area contributed by atoms with Crippen LogP contribution < -0.4 is 9.62 Å². The minimum absolute atomic E-state index is 0.0151. The fraction of sp³-hybridized carbons (Fsp3) is 0.143. The molecule has 0 fully saturated rings. The largest absolute Gasteiger partial charge is 0.376 e. The summed E-state index contributed by atoms with van der Waals surface area (Å²) >= 11 is 0. The molecule has 3 N–H and O–H groups in total. The molecule has 5 aromatic heterocycles. The molecule has 0 aliphatic heterocycles. The van der Waals surface area contributed by atoms with Gasteiger partial charge in [-0.25, -0.2) is 22.5 Å². The monoisotopic (exact) mass is 556 g/mol. The zero-order chi connectivity index (χ0) is 28.0. The minimum atomic E-state index is -3.42. The van der Waals surface area contributed by atoms with Crippen molar-refractivity contribution in [2.45, 2.75) is 6.54 Å². The number of H-pyrrole nitrogens is 2. The van der Waals surface area contributed by atoms with Crippen LogP contribution in [-0.2, 0) is 16.6 Å². The Hall–Kier alpha value is -4.68. The molecule has 5 heterocycles. The summed E-state index contributed by atoms with van der Waals surface area (Å²) in [5.74, 6) is -0.463. The molecular formula is C28H25FN8O2S. The van der Waals surface area contributed by atoms with E-state index >= 15 is 0 Å². The first-order valence-electron chi connectivity index (χ1n) is 12.3. The highest BCUT2D eigenvalue weighted by molar-refractivity contribution is 7.88. The van der Waals surface area contributed by atoms with Crippen molar-refractivity contribution in [1.82, 2.24) is 34.9 Å². The molecule has 0 saturated heterocycles. The fourth-order valence-corrected chi connectivity index (χ4v) is 5.05. The van der Waals surface area contributed by atoms with Crippen LogP contribution in [0.3, 0.4) is 0 Å². The Bertz CT molecular complexity index is 2000. The predicted octanol–water partition coefficient (Wildman–Crippen LogP) is 4.48. The normalized spacial score (nSPS) is 11.9. The van der Waals surface area contributed by atoms with Gasteiger partial charge in [0.1, 0.15) is 17.2 Å². The van der Waals surface area contributed by atoms with Gasteiger partial charge < -0.3 is 9.88 Å². The summed E-state index contributed by atoms with van der Waals surface area (Å²) in [4.78, 5) is 18.8. The highest BCUT2D eigenvalue weighted by Gasteiger charge is 2.16. The second-order valence-corrected chi connectivity index (χ2v) is 11.6. The number of anilines is 1. The molecule has 0 bridgehead atoms. The Labute approximate surface area is 229 Å². The highest BCUT2D eigenvalue weighted by Crippen LogP contribution is 2.35. The Kier molecular flexibility index (Phi) is 6.28. The molecule has 0 saturated carbocycles. The number of pyridine rings is 3. The van der Waals surface area contributed by atoms with Gasteiger partial charge in [-0.1, -0.05) is 0 Å². The molecule has 10 nitrogen and oxygen atoms in total. The summed E-state index contributed by atoms with van der Waals surface area (Å²) in [5.41, 5.74) is 7.28. The number of sulfonamides is 1. The van der Waals surface area contributed by atoms with Crippen LogP contribution in [0.4, 0.5) is 10.1 Å². The second kappa shape index (κ2) is 9.81. The van der Waals surface area contributed by atoms with Crippen molar-refractivity contribution in [2.24, 2.45) is 0 Å². The maximum absolute atomic E-state index is 14.6. The lowest BCUT2D eigenvalue weighted by Gasteiger charge is -2.12. The third-order valence-corrected chi connectivity index (χ3v) is 7.25. The lowest BCUT2D eigenvalue weighted by atomic mass is 10.0. The van der Waals surface area contributed by atoms with E-state index in [9.17, 15) is 12.8 Å².